The second kappa shape index (κ2) is 5.30. The Hall–Kier alpha value is -1.79. The van der Waals surface area contributed by atoms with Crippen LogP contribution >= 0.6 is 27.7 Å². The number of rotatable bonds is 3. The molecule has 0 aliphatic heterocycles. The summed E-state index contributed by atoms with van der Waals surface area (Å²) in [4.78, 5) is 16.2. The Balaban J connectivity index is 2.01. The molecule has 1 aromatic carbocycles. The van der Waals surface area contributed by atoms with Gasteiger partial charge < -0.3 is 5.11 Å². The van der Waals surface area contributed by atoms with E-state index in [-0.39, 0.29) is 5.56 Å². The summed E-state index contributed by atoms with van der Waals surface area (Å²) in [6.07, 6.45) is 3.62. The highest BCUT2D eigenvalue weighted by Crippen LogP contribution is 2.31. The molecular weight excluding hydrogens is 340 g/mol. The van der Waals surface area contributed by atoms with Crippen LogP contribution in [0.4, 0.5) is 0 Å². The fourth-order valence-corrected chi connectivity index (χ4v) is 3.23. The van der Waals surface area contributed by atoms with Gasteiger partial charge in [-0.2, -0.15) is 0 Å². The average Bonchev–Trinajstić information content (AvgIpc) is 2.90. The summed E-state index contributed by atoms with van der Waals surface area (Å²) >= 11 is 4.75. The number of hydrogen-bond donors (Lipinski definition) is 1. The van der Waals surface area contributed by atoms with Crippen molar-refractivity contribution in [3.05, 3.63) is 58.8 Å². The van der Waals surface area contributed by atoms with Gasteiger partial charge in [0.05, 0.1) is 10.6 Å². The van der Waals surface area contributed by atoms with Crippen molar-refractivity contribution in [1.29, 1.82) is 0 Å². The molecule has 2 heterocycles. The number of halogens is 1. The van der Waals surface area contributed by atoms with Crippen LogP contribution in [0.1, 0.15) is 10.4 Å². The fourth-order valence-electron chi connectivity index (χ4n) is 1.86. The molecule has 0 amide bonds. The van der Waals surface area contributed by atoms with Crippen LogP contribution in [0.3, 0.4) is 0 Å². The molecular formula is C14H9BrN2O2S. The highest BCUT2D eigenvalue weighted by Gasteiger charge is 2.10. The van der Waals surface area contributed by atoms with Gasteiger partial charge in [0.15, 0.2) is 0 Å². The van der Waals surface area contributed by atoms with Crippen molar-refractivity contribution in [1.82, 2.24) is 9.38 Å². The molecule has 0 spiro atoms. The lowest BCUT2D eigenvalue weighted by Crippen LogP contribution is -1.97. The lowest BCUT2D eigenvalue weighted by atomic mass is 10.2. The number of aromatic carboxylic acids is 1. The van der Waals surface area contributed by atoms with E-state index in [9.17, 15) is 4.79 Å². The first-order valence-corrected chi connectivity index (χ1v) is 7.39. The van der Waals surface area contributed by atoms with E-state index in [1.807, 2.05) is 34.9 Å². The summed E-state index contributed by atoms with van der Waals surface area (Å²) in [6, 6.07) is 11.1. The molecule has 0 aliphatic carbocycles. The number of carbonyl (C=O) groups is 1. The lowest BCUT2D eigenvalue weighted by Gasteiger charge is -2.07. The van der Waals surface area contributed by atoms with Crippen LogP contribution in [0.25, 0.3) is 5.65 Å². The normalized spacial score (nSPS) is 10.8. The molecule has 3 rings (SSSR count). The van der Waals surface area contributed by atoms with Gasteiger partial charge in [0.2, 0.25) is 0 Å². The summed E-state index contributed by atoms with van der Waals surface area (Å²) in [5.74, 6) is -0.944. The SMILES string of the molecule is O=C(O)c1cc(Sc2cccc3nccn23)ccc1Br. The van der Waals surface area contributed by atoms with Crippen LogP contribution in [0, 0.1) is 0 Å². The highest BCUT2D eigenvalue weighted by molar-refractivity contribution is 9.10. The molecule has 3 aromatic rings. The van der Waals surface area contributed by atoms with Gasteiger partial charge in [-0.1, -0.05) is 17.8 Å². The minimum atomic E-state index is -0.944. The monoisotopic (exact) mass is 348 g/mol. The van der Waals surface area contributed by atoms with Crippen LogP contribution in [0.15, 0.2) is 63.2 Å². The number of pyridine rings is 1. The van der Waals surface area contributed by atoms with E-state index in [4.69, 9.17) is 5.11 Å². The van der Waals surface area contributed by atoms with Gasteiger partial charge in [-0.25, -0.2) is 9.78 Å². The molecule has 20 heavy (non-hydrogen) atoms. The van der Waals surface area contributed by atoms with Crippen molar-refractivity contribution in [2.75, 3.05) is 0 Å². The third-order valence-corrected chi connectivity index (χ3v) is 4.50. The number of aromatic nitrogens is 2. The first-order valence-electron chi connectivity index (χ1n) is 5.78. The maximum absolute atomic E-state index is 11.1. The molecule has 0 saturated carbocycles. The average molecular weight is 349 g/mol. The van der Waals surface area contributed by atoms with E-state index in [2.05, 4.69) is 20.9 Å². The smallest absolute Gasteiger partial charge is 0.336 e. The van der Waals surface area contributed by atoms with Crippen molar-refractivity contribution >= 4 is 39.3 Å². The molecule has 0 aliphatic rings. The Kier molecular flexibility index (Phi) is 3.50. The molecule has 0 radical (unpaired) electrons. The quantitative estimate of drug-likeness (QED) is 0.778. The van der Waals surface area contributed by atoms with Crippen molar-refractivity contribution in [2.24, 2.45) is 0 Å². The molecule has 0 atom stereocenters. The molecule has 1 N–H and O–H groups in total. The van der Waals surface area contributed by atoms with Crippen molar-refractivity contribution in [2.45, 2.75) is 9.92 Å². The number of fused-ring (bicyclic) bond motifs is 1. The fraction of sp³-hybridized carbons (Fsp3) is 0. The standard InChI is InChI=1S/C14H9BrN2O2S/c15-11-5-4-9(8-10(11)14(18)19)20-13-3-1-2-12-16-6-7-17(12)13/h1-8H,(H,18,19). The summed E-state index contributed by atoms with van der Waals surface area (Å²) in [5.41, 5.74) is 1.12. The summed E-state index contributed by atoms with van der Waals surface area (Å²) in [6.45, 7) is 0. The van der Waals surface area contributed by atoms with Crippen LogP contribution in [-0.2, 0) is 0 Å². The zero-order valence-electron chi connectivity index (χ0n) is 10.2. The molecule has 4 nitrogen and oxygen atoms in total. The highest BCUT2D eigenvalue weighted by atomic mass is 79.9. The molecule has 0 unspecified atom stereocenters. The summed E-state index contributed by atoms with van der Waals surface area (Å²) < 4.78 is 2.54. The largest absolute Gasteiger partial charge is 0.478 e. The number of carboxylic acids is 1. The second-order valence-corrected chi connectivity index (χ2v) is 6.02. The predicted molar refractivity (Wildman–Crippen MR) is 80.4 cm³/mol. The van der Waals surface area contributed by atoms with Gasteiger partial charge in [0, 0.05) is 21.8 Å². The third-order valence-electron chi connectivity index (χ3n) is 2.78. The predicted octanol–water partition coefficient (Wildman–Crippen LogP) is 3.95. The number of benzene rings is 1. The minimum Gasteiger partial charge on any atom is -0.478 e. The van der Waals surface area contributed by atoms with Gasteiger partial charge in [-0.15, -0.1) is 0 Å². The van der Waals surface area contributed by atoms with E-state index >= 15 is 0 Å². The molecule has 6 heteroatoms. The number of hydrogen-bond acceptors (Lipinski definition) is 3. The van der Waals surface area contributed by atoms with Gasteiger partial charge in [-0.05, 0) is 46.3 Å². The first kappa shape index (κ1) is 13.2. The summed E-state index contributed by atoms with van der Waals surface area (Å²) in [5, 5.41) is 10.1. The number of nitrogens with zero attached hydrogens (tertiary/aromatic N) is 2. The Morgan fingerprint density at radius 1 is 1.30 bits per heavy atom. The van der Waals surface area contributed by atoms with Gasteiger partial charge in [0.25, 0.3) is 0 Å². The number of carboxylic acid groups (broad SMARTS) is 1. The Bertz CT molecular complexity index is 801. The van der Waals surface area contributed by atoms with E-state index < -0.39 is 5.97 Å². The van der Waals surface area contributed by atoms with Crippen LogP contribution in [0.2, 0.25) is 0 Å². The zero-order valence-corrected chi connectivity index (χ0v) is 12.6. The van der Waals surface area contributed by atoms with E-state index in [0.29, 0.717) is 4.47 Å². The third kappa shape index (κ3) is 2.44. The lowest BCUT2D eigenvalue weighted by molar-refractivity contribution is 0.0695. The molecule has 0 bridgehead atoms. The zero-order chi connectivity index (χ0) is 14.1. The second-order valence-electron chi connectivity index (χ2n) is 4.07. The molecule has 2 aromatic heterocycles. The Morgan fingerprint density at radius 2 is 2.15 bits per heavy atom. The van der Waals surface area contributed by atoms with Crippen molar-refractivity contribution in [3.8, 4) is 0 Å². The maximum Gasteiger partial charge on any atom is 0.336 e. The minimum absolute atomic E-state index is 0.257. The van der Waals surface area contributed by atoms with Crippen molar-refractivity contribution in [3.63, 3.8) is 0 Å². The van der Waals surface area contributed by atoms with Gasteiger partial charge in [0.1, 0.15) is 5.65 Å². The topological polar surface area (TPSA) is 54.6 Å². The maximum atomic E-state index is 11.1. The Labute approximate surface area is 127 Å². The van der Waals surface area contributed by atoms with E-state index in [1.165, 1.54) is 11.8 Å². The molecule has 0 saturated heterocycles. The first-order chi connectivity index (χ1) is 9.65. The molecule has 100 valence electrons. The van der Waals surface area contributed by atoms with Crippen molar-refractivity contribution < 1.29 is 9.90 Å². The number of imidazole rings is 1. The van der Waals surface area contributed by atoms with Gasteiger partial charge >= 0.3 is 5.97 Å². The van der Waals surface area contributed by atoms with E-state index in [0.717, 1.165) is 15.6 Å². The van der Waals surface area contributed by atoms with Crippen LogP contribution in [-0.4, -0.2) is 20.5 Å². The van der Waals surface area contributed by atoms with Crippen LogP contribution in [0.5, 0.6) is 0 Å². The molecule has 0 fully saturated rings. The van der Waals surface area contributed by atoms with Gasteiger partial charge in [-0.3, -0.25) is 4.40 Å². The van der Waals surface area contributed by atoms with Crippen LogP contribution < -0.4 is 0 Å². The van der Waals surface area contributed by atoms with E-state index in [1.54, 1.807) is 18.3 Å². The Morgan fingerprint density at radius 3 is 2.95 bits per heavy atom. The summed E-state index contributed by atoms with van der Waals surface area (Å²) in [7, 11) is 0.